The highest BCUT2D eigenvalue weighted by atomic mass is 19.3. The van der Waals surface area contributed by atoms with Crippen LogP contribution in [-0.2, 0) is 11.3 Å². The molecule has 0 radical (unpaired) electrons. The predicted molar refractivity (Wildman–Crippen MR) is 55.2 cm³/mol. The van der Waals surface area contributed by atoms with Crippen molar-refractivity contribution in [3.63, 3.8) is 0 Å². The summed E-state index contributed by atoms with van der Waals surface area (Å²) in [5.74, 6) is -2.13. The Kier molecular flexibility index (Phi) is 4.69. The van der Waals surface area contributed by atoms with Crippen LogP contribution in [0.4, 0.5) is 8.78 Å². The van der Waals surface area contributed by atoms with Gasteiger partial charge in [-0.25, -0.2) is 18.3 Å². The molecule has 1 aromatic heterocycles. The normalized spacial score (nSPS) is 10.7. The van der Waals surface area contributed by atoms with Gasteiger partial charge in [0.2, 0.25) is 5.91 Å². The SMILES string of the molecule is CCCNC(=O)Cn1nnc(C(=O)O)c1C(F)F. The highest BCUT2D eigenvalue weighted by molar-refractivity contribution is 5.86. The fourth-order valence-corrected chi connectivity index (χ4v) is 1.26. The molecule has 0 aliphatic heterocycles. The molecule has 0 unspecified atom stereocenters. The van der Waals surface area contributed by atoms with Crippen molar-refractivity contribution in [1.82, 2.24) is 20.3 Å². The van der Waals surface area contributed by atoms with Crippen LogP contribution in [0.3, 0.4) is 0 Å². The molecule has 2 N–H and O–H groups in total. The van der Waals surface area contributed by atoms with Gasteiger partial charge in [-0.3, -0.25) is 4.79 Å². The van der Waals surface area contributed by atoms with E-state index in [9.17, 15) is 18.4 Å². The average Bonchev–Trinajstić information content (AvgIpc) is 2.70. The molecule has 18 heavy (non-hydrogen) atoms. The number of hydrogen-bond donors (Lipinski definition) is 2. The largest absolute Gasteiger partial charge is 0.476 e. The van der Waals surface area contributed by atoms with E-state index in [4.69, 9.17) is 5.11 Å². The summed E-state index contributed by atoms with van der Waals surface area (Å²) < 4.78 is 26.0. The Labute approximate surface area is 101 Å². The fraction of sp³-hybridized carbons (Fsp3) is 0.556. The summed E-state index contributed by atoms with van der Waals surface area (Å²) in [4.78, 5) is 22.0. The number of hydrogen-bond acceptors (Lipinski definition) is 4. The summed E-state index contributed by atoms with van der Waals surface area (Å²) in [5.41, 5.74) is -1.71. The van der Waals surface area contributed by atoms with Gasteiger partial charge < -0.3 is 10.4 Å². The first-order valence-corrected chi connectivity index (χ1v) is 5.18. The van der Waals surface area contributed by atoms with Crippen LogP contribution in [0.25, 0.3) is 0 Å². The van der Waals surface area contributed by atoms with Crippen molar-refractivity contribution < 1.29 is 23.5 Å². The molecule has 0 aliphatic rings. The standard InChI is InChI=1S/C9H12F2N4O3/c1-2-3-12-5(16)4-15-7(8(10)11)6(9(17)18)13-14-15/h8H,2-4H2,1H3,(H,12,16)(H,17,18). The van der Waals surface area contributed by atoms with E-state index in [2.05, 4.69) is 15.6 Å². The Morgan fingerprint density at radius 3 is 2.67 bits per heavy atom. The topological polar surface area (TPSA) is 97.1 Å². The Balaban J connectivity index is 2.89. The van der Waals surface area contributed by atoms with Gasteiger partial charge in [0.15, 0.2) is 5.69 Å². The molecule has 1 rings (SSSR count). The van der Waals surface area contributed by atoms with Crippen LogP contribution in [0.1, 0.15) is 36.0 Å². The van der Waals surface area contributed by atoms with Crippen LogP contribution in [0.15, 0.2) is 0 Å². The molecule has 0 saturated heterocycles. The highest BCUT2D eigenvalue weighted by Crippen LogP contribution is 2.21. The second-order valence-corrected chi connectivity index (χ2v) is 3.44. The minimum absolute atomic E-state index is 0.406. The Hall–Kier alpha value is -2.06. The third-order valence-electron chi connectivity index (χ3n) is 2.05. The maximum Gasteiger partial charge on any atom is 0.358 e. The first-order chi connectivity index (χ1) is 8.47. The zero-order valence-corrected chi connectivity index (χ0v) is 9.56. The van der Waals surface area contributed by atoms with Crippen molar-refractivity contribution in [2.24, 2.45) is 0 Å². The van der Waals surface area contributed by atoms with Gasteiger partial charge >= 0.3 is 5.97 Å². The molecule has 7 nitrogen and oxygen atoms in total. The van der Waals surface area contributed by atoms with E-state index in [1.54, 1.807) is 0 Å². The summed E-state index contributed by atoms with van der Waals surface area (Å²) in [5, 5.41) is 17.5. The Morgan fingerprint density at radius 1 is 1.50 bits per heavy atom. The molecule has 0 aromatic carbocycles. The van der Waals surface area contributed by atoms with Crippen LogP contribution in [0, 0.1) is 0 Å². The van der Waals surface area contributed by atoms with Gasteiger partial charge in [-0.05, 0) is 6.42 Å². The van der Waals surface area contributed by atoms with Gasteiger partial charge in [-0.15, -0.1) is 5.10 Å². The molecular weight excluding hydrogens is 250 g/mol. The van der Waals surface area contributed by atoms with Gasteiger partial charge in [0.25, 0.3) is 6.43 Å². The second-order valence-electron chi connectivity index (χ2n) is 3.44. The zero-order valence-electron chi connectivity index (χ0n) is 9.56. The summed E-state index contributed by atoms with van der Waals surface area (Å²) >= 11 is 0. The number of amides is 1. The van der Waals surface area contributed by atoms with Crippen molar-refractivity contribution in [3.8, 4) is 0 Å². The lowest BCUT2D eigenvalue weighted by Gasteiger charge is -2.06. The first-order valence-electron chi connectivity index (χ1n) is 5.18. The van der Waals surface area contributed by atoms with E-state index in [1.165, 1.54) is 0 Å². The van der Waals surface area contributed by atoms with E-state index >= 15 is 0 Å². The molecule has 0 bridgehead atoms. The lowest BCUT2D eigenvalue weighted by molar-refractivity contribution is -0.121. The van der Waals surface area contributed by atoms with Crippen molar-refractivity contribution in [2.45, 2.75) is 26.3 Å². The number of rotatable bonds is 6. The van der Waals surface area contributed by atoms with Crippen molar-refractivity contribution >= 4 is 11.9 Å². The third kappa shape index (κ3) is 3.22. The summed E-state index contributed by atoms with van der Waals surface area (Å²) in [6.45, 7) is 1.76. The lowest BCUT2D eigenvalue weighted by atomic mass is 10.3. The van der Waals surface area contributed by atoms with Crippen molar-refractivity contribution in [3.05, 3.63) is 11.4 Å². The number of carboxylic acids is 1. The zero-order chi connectivity index (χ0) is 13.7. The van der Waals surface area contributed by atoms with Crippen molar-refractivity contribution in [2.75, 3.05) is 6.54 Å². The number of aromatic nitrogens is 3. The monoisotopic (exact) mass is 262 g/mol. The van der Waals surface area contributed by atoms with Crippen LogP contribution < -0.4 is 5.32 Å². The Bertz CT molecular complexity index is 447. The summed E-state index contributed by atoms with van der Waals surface area (Å²) in [7, 11) is 0. The molecule has 0 fully saturated rings. The average molecular weight is 262 g/mol. The number of halogens is 2. The maximum absolute atomic E-state index is 12.7. The van der Waals surface area contributed by atoms with E-state index in [1.807, 2.05) is 6.92 Å². The number of aromatic carboxylic acids is 1. The van der Waals surface area contributed by atoms with Gasteiger partial charge in [-0.1, -0.05) is 12.1 Å². The third-order valence-corrected chi connectivity index (χ3v) is 2.05. The smallest absolute Gasteiger partial charge is 0.358 e. The molecule has 9 heteroatoms. The van der Waals surface area contributed by atoms with Crippen LogP contribution >= 0.6 is 0 Å². The number of alkyl halides is 2. The molecule has 1 heterocycles. The minimum Gasteiger partial charge on any atom is -0.476 e. The minimum atomic E-state index is -3.06. The number of nitrogens with zero attached hydrogens (tertiary/aromatic N) is 3. The molecule has 1 aromatic rings. The van der Waals surface area contributed by atoms with Gasteiger partial charge in [0.05, 0.1) is 0 Å². The molecule has 0 saturated carbocycles. The number of nitrogens with one attached hydrogen (secondary N) is 1. The van der Waals surface area contributed by atoms with Gasteiger partial charge in [-0.2, -0.15) is 0 Å². The summed E-state index contributed by atoms with van der Waals surface area (Å²) in [6, 6.07) is 0. The molecule has 0 aliphatic carbocycles. The summed E-state index contributed by atoms with van der Waals surface area (Å²) in [6.07, 6.45) is -2.37. The number of carboxylic acid groups (broad SMARTS) is 1. The molecule has 0 atom stereocenters. The van der Waals surface area contributed by atoms with Crippen LogP contribution in [0.5, 0.6) is 0 Å². The second kappa shape index (κ2) is 6.03. The highest BCUT2D eigenvalue weighted by Gasteiger charge is 2.26. The Morgan fingerprint density at radius 2 is 2.17 bits per heavy atom. The predicted octanol–water partition coefficient (Wildman–Crippen LogP) is 0.440. The first kappa shape index (κ1) is 14.0. The molecule has 1 amide bonds. The number of carbonyl (C=O) groups excluding carboxylic acids is 1. The quantitative estimate of drug-likeness (QED) is 0.775. The molecule has 0 spiro atoms. The van der Waals surface area contributed by atoms with E-state index in [0.29, 0.717) is 17.6 Å². The molecule has 100 valence electrons. The van der Waals surface area contributed by atoms with Crippen LogP contribution in [0.2, 0.25) is 0 Å². The van der Waals surface area contributed by atoms with Crippen LogP contribution in [-0.4, -0.2) is 38.5 Å². The maximum atomic E-state index is 12.7. The number of carbonyl (C=O) groups is 2. The van der Waals surface area contributed by atoms with E-state index < -0.39 is 36.2 Å². The fourth-order valence-electron chi connectivity index (χ4n) is 1.26. The molecular formula is C9H12F2N4O3. The van der Waals surface area contributed by atoms with E-state index in [0.717, 1.165) is 0 Å². The van der Waals surface area contributed by atoms with Gasteiger partial charge in [0, 0.05) is 6.54 Å². The van der Waals surface area contributed by atoms with Gasteiger partial charge in [0.1, 0.15) is 12.2 Å². The lowest BCUT2D eigenvalue weighted by Crippen LogP contribution is -2.29. The van der Waals surface area contributed by atoms with E-state index in [-0.39, 0.29) is 0 Å². The van der Waals surface area contributed by atoms with Crippen molar-refractivity contribution in [1.29, 1.82) is 0 Å².